The lowest BCUT2D eigenvalue weighted by molar-refractivity contribution is -0.384. The predicted octanol–water partition coefficient (Wildman–Crippen LogP) is 5.78. The Morgan fingerprint density at radius 1 is 1.24 bits per heavy atom. The molecule has 0 N–H and O–H groups in total. The standard InChI is InChI=1S/C29H23BrClN3O7S/c1-14(2)40-28(36)25-15(3)32-29-33(26(25)19-12-17(30)6-9-23(19)39-4)27(35)24(42-29)13-18-7-10-22(41-18)16-5-8-20(31)21(11-16)34(37)38/h5-14,26H,1-4H3/b24-13-/t26-/m1/s1. The van der Waals surface area contributed by atoms with Gasteiger partial charge in [-0.05, 0) is 63.2 Å². The summed E-state index contributed by atoms with van der Waals surface area (Å²) in [5.41, 5.74) is 1.04. The van der Waals surface area contributed by atoms with Crippen LogP contribution in [0.15, 0.2) is 78.5 Å². The van der Waals surface area contributed by atoms with Gasteiger partial charge in [0.1, 0.15) is 28.3 Å². The molecule has 0 fully saturated rings. The number of aromatic nitrogens is 1. The summed E-state index contributed by atoms with van der Waals surface area (Å²) in [6, 6.07) is 12.1. The molecule has 0 saturated heterocycles. The summed E-state index contributed by atoms with van der Waals surface area (Å²) >= 11 is 10.6. The van der Waals surface area contributed by atoms with Crippen LogP contribution >= 0.6 is 38.9 Å². The maximum Gasteiger partial charge on any atom is 0.338 e. The van der Waals surface area contributed by atoms with Gasteiger partial charge in [0.25, 0.3) is 11.2 Å². The van der Waals surface area contributed by atoms with E-state index < -0.39 is 22.5 Å². The number of nitro groups is 1. The highest BCUT2D eigenvalue weighted by molar-refractivity contribution is 9.10. The Balaban J connectivity index is 1.65. The molecule has 1 atom stereocenters. The largest absolute Gasteiger partial charge is 0.496 e. The van der Waals surface area contributed by atoms with Crippen LogP contribution in [0.1, 0.15) is 38.1 Å². The van der Waals surface area contributed by atoms with E-state index in [1.807, 2.05) is 0 Å². The lowest BCUT2D eigenvalue weighted by Crippen LogP contribution is -2.40. The van der Waals surface area contributed by atoms with Gasteiger partial charge in [-0.3, -0.25) is 19.5 Å². The van der Waals surface area contributed by atoms with Gasteiger partial charge in [0.2, 0.25) is 0 Å². The molecule has 4 aromatic rings. The maximum atomic E-state index is 13.9. The third-order valence-corrected chi connectivity index (χ3v) is 8.19. The number of esters is 1. The summed E-state index contributed by atoms with van der Waals surface area (Å²) in [6.45, 7) is 5.20. The number of halogens is 2. The Morgan fingerprint density at radius 2 is 2.00 bits per heavy atom. The van der Waals surface area contributed by atoms with Gasteiger partial charge in [-0.1, -0.05) is 38.9 Å². The number of methoxy groups -OCH3 is 1. The Labute approximate surface area is 256 Å². The van der Waals surface area contributed by atoms with Gasteiger partial charge in [0, 0.05) is 27.7 Å². The molecule has 0 saturated carbocycles. The highest BCUT2D eigenvalue weighted by atomic mass is 79.9. The predicted molar refractivity (Wildman–Crippen MR) is 161 cm³/mol. The second-order valence-electron chi connectivity index (χ2n) is 9.55. The van der Waals surface area contributed by atoms with Crippen molar-refractivity contribution in [3.05, 3.63) is 110 Å². The average Bonchev–Trinajstić information content (AvgIpc) is 3.51. The van der Waals surface area contributed by atoms with Crippen molar-refractivity contribution in [1.29, 1.82) is 0 Å². The number of hydrogen-bond donors (Lipinski definition) is 0. The van der Waals surface area contributed by atoms with E-state index >= 15 is 0 Å². The van der Waals surface area contributed by atoms with E-state index in [0.29, 0.717) is 43.4 Å². The van der Waals surface area contributed by atoms with Crippen LogP contribution in [0.4, 0.5) is 5.69 Å². The van der Waals surface area contributed by atoms with E-state index in [2.05, 4.69) is 20.9 Å². The van der Waals surface area contributed by atoms with Crippen LogP contribution < -0.4 is 19.6 Å². The van der Waals surface area contributed by atoms with Crippen molar-refractivity contribution in [3.8, 4) is 17.1 Å². The summed E-state index contributed by atoms with van der Waals surface area (Å²) in [4.78, 5) is 43.0. The molecule has 0 aliphatic carbocycles. The van der Waals surface area contributed by atoms with Crippen LogP contribution in [-0.4, -0.2) is 28.7 Å². The molecule has 13 heteroatoms. The number of furan rings is 1. The summed E-state index contributed by atoms with van der Waals surface area (Å²) in [7, 11) is 1.52. The van der Waals surface area contributed by atoms with Crippen LogP contribution in [0, 0.1) is 10.1 Å². The van der Waals surface area contributed by atoms with Gasteiger partial charge in [0.05, 0.1) is 33.9 Å². The number of nitrogens with zero attached hydrogens (tertiary/aromatic N) is 3. The van der Waals surface area contributed by atoms with E-state index in [0.717, 1.165) is 15.8 Å². The summed E-state index contributed by atoms with van der Waals surface area (Å²) in [5.74, 6) is 0.607. The molecule has 2 aromatic carbocycles. The minimum atomic E-state index is -0.871. The fourth-order valence-electron chi connectivity index (χ4n) is 4.59. The molecular weight excluding hydrogens is 650 g/mol. The molecular formula is C29H23BrClN3O7S. The Morgan fingerprint density at radius 3 is 2.69 bits per heavy atom. The minimum Gasteiger partial charge on any atom is -0.496 e. The molecule has 42 heavy (non-hydrogen) atoms. The molecule has 3 heterocycles. The maximum absolute atomic E-state index is 13.9. The molecule has 5 rings (SSSR count). The number of rotatable bonds is 7. The first-order chi connectivity index (χ1) is 20.0. The van der Waals surface area contributed by atoms with Crippen LogP contribution in [0.25, 0.3) is 17.4 Å². The van der Waals surface area contributed by atoms with Crippen molar-refractivity contribution < 1.29 is 23.6 Å². The number of carbonyl (C=O) groups excluding carboxylic acids is 1. The van der Waals surface area contributed by atoms with Crippen molar-refractivity contribution in [3.63, 3.8) is 0 Å². The number of nitro benzene ring substituents is 1. The number of allylic oxidation sites excluding steroid dienone is 1. The van der Waals surface area contributed by atoms with Crippen LogP contribution in [0.2, 0.25) is 5.02 Å². The van der Waals surface area contributed by atoms with E-state index in [1.54, 1.807) is 63.2 Å². The average molecular weight is 673 g/mol. The van der Waals surface area contributed by atoms with E-state index in [-0.39, 0.29) is 22.4 Å². The minimum absolute atomic E-state index is 0.0141. The fraction of sp³-hybridized carbons (Fsp3) is 0.207. The first-order valence-corrected chi connectivity index (χ1v) is 14.6. The van der Waals surface area contributed by atoms with Crippen molar-refractivity contribution >= 4 is 56.6 Å². The molecule has 0 spiro atoms. The molecule has 0 unspecified atom stereocenters. The monoisotopic (exact) mass is 671 g/mol. The fourth-order valence-corrected chi connectivity index (χ4v) is 6.19. The van der Waals surface area contributed by atoms with Crippen molar-refractivity contribution in [2.24, 2.45) is 4.99 Å². The molecule has 1 aliphatic heterocycles. The number of benzene rings is 2. The smallest absolute Gasteiger partial charge is 0.338 e. The zero-order chi connectivity index (χ0) is 30.3. The van der Waals surface area contributed by atoms with Gasteiger partial charge >= 0.3 is 5.97 Å². The topological polar surface area (TPSA) is 126 Å². The summed E-state index contributed by atoms with van der Waals surface area (Å²) in [6.07, 6.45) is 1.18. The van der Waals surface area contributed by atoms with Crippen LogP contribution in [0.3, 0.4) is 0 Å². The molecule has 10 nitrogen and oxygen atoms in total. The van der Waals surface area contributed by atoms with Gasteiger partial charge in [-0.15, -0.1) is 0 Å². The zero-order valence-electron chi connectivity index (χ0n) is 22.7. The molecule has 1 aliphatic rings. The third kappa shape index (κ3) is 5.57. The Hall–Kier alpha value is -4.00. The Kier molecular flexibility index (Phi) is 8.22. The molecule has 0 radical (unpaired) electrons. The first kappa shape index (κ1) is 29.5. The lowest BCUT2D eigenvalue weighted by atomic mass is 9.95. The van der Waals surface area contributed by atoms with Crippen molar-refractivity contribution in [2.75, 3.05) is 7.11 Å². The van der Waals surface area contributed by atoms with Crippen molar-refractivity contribution in [1.82, 2.24) is 4.57 Å². The highest BCUT2D eigenvalue weighted by Gasteiger charge is 2.35. The van der Waals surface area contributed by atoms with E-state index in [9.17, 15) is 19.7 Å². The number of ether oxygens (including phenoxy) is 2. The highest BCUT2D eigenvalue weighted by Crippen LogP contribution is 2.37. The van der Waals surface area contributed by atoms with Crippen LogP contribution in [0.5, 0.6) is 5.75 Å². The zero-order valence-corrected chi connectivity index (χ0v) is 25.9. The summed E-state index contributed by atoms with van der Waals surface area (Å²) in [5, 5.41) is 11.3. The number of carbonyl (C=O) groups is 1. The third-order valence-electron chi connectivity index (χ3n) is 6.40. The van der Waals surface area contributed by atoms with E-state index in [4.69, 9.17) is 25.5 Å². The first-order valence-electron chi connectivity index (χ1n) is 12.6. The lowest BCUT2D eigenvalue weighted by Gasteiger charge is -2.26. The van der Waals surface area contributed by atoms with Gasteiger partial charge < -0.3 is 13.9 Å². The number of hydrogen-bond acceptors (Lipinski definition) is 9. The second kappa shape index (κ2) is 11.7. The molecule has 0 amide bonds. The molecule has 2 aromatic heterocycles. The quantitative estimate of drug-likeness (QED) is 0.138. The van der Waals surface area contributed by atoms with Crippen LogP contribution in [-0.2, 0) is 9.53 Å². The number of thiazole rings is 1. The normalized spacial score (nSPS) is 15.0. The van der Waals surface area contributed by atoms with Gasteiger partial charge in [-0.25, -0.2) is 9.79 Å². The molecule has 0 bridgehead atoms. The Bertz CT molecular complexity index is 1960. The number of fused-ring (bicyclic) bond motifs is 1. The molecule has 216 valence electrons. The van der Waals surface area contributed by atoms with Gasteiger partial charge in [0.15, 0.2) is 4.80 Å². The van der Waals surface area contributed by atoms with Crippen molar-refractivity contribution in [2.45, 2.75) is 32.9 Å². The van der Waals surface area contributed by atoms with Gasteiger partial charge in [-0.2, -0.15) is 0 Å². The van der Waals surface area contributed by atoms with E-state index in [1.165, 1.54) is 23.8 Å². The summed E-state index contributed by atoms with van der Waals surface area (Å²) < 4.78 is 19.6. The second-order valence-corrected chi connectivity index (χ2v) is 11.9. The SMILES string of the molecule is COc1ccc(Br)cc1[C@@H]1C(C(=O)OC(C)C)=C(C)N=c2s/c(=C\c3ccc(-c4ccc(Cl)c([N+](=O)[O-])c4)o3)c(=O)n21.